The minimum absolute atomic E-state index is 0.423. The Hall–Kier alpha value is -2.41. The van der Waals surface area contributed by atoms with Crippen molar-refractivity contribution in [3.63, 3.8) is 0 Å². The highest BCUT2D eigenvalue weighted by Gasteiger charge is 2.15. The zero-order chi connectivity index (χ0) is 13.8. The topological polar surface area (TPSA) is 89.2 Å². The smallest absolute Gasteiger partial charge is 0.230 e. The van der Waals surface area contributed by atoms with Crippen LogP contribution in [0.4, 0.5) is 23.3 Å². The van der Waals surface area contributed by atoms with Crippen LogP contribution in [0, 0.1) is 0 Å². The van der Waals surface area contributed by atoms with Gasteiger partial charge in [0.05, 0.1) is 18.9 Å². The summed E-state index contributed by atoms with van der Waals surface area (Å²) in [6, 6.07) is 5.58. The Morgan fingerprint density at radius 1 is 1.15 bits per heavy atom. The number of nitrogens with one attached hydrogen (secondary N) is 1. The molecule has 0 atom stereocenters. The molecule has 0 saturated carbocycles. The van der Waals surface area contributed by atoms with Gasteiger partial charge in [-0.15, -0.1) is 0 Å². The first-order chi connectivity index (χ1) is 9.83. The standard InChI is InChI=1S/C13H16N6O/c14-11-3-5-16-13(17-11)18-12-10(2-1-4-15-12)19-6-8-20-9-7-19/h1-5H,6-9H2,(H3,14,15,16,17,18). The monoisotopic (exact) mass is 272 g/mol. The highest BCUT2D eigenvalue weighted by atomic mass is 16.5. The molecule has 1 saturated heterocycles. The van der Waals surface area contributed by atoms with Crippen LogP contribution >= 0.6 is 0 Å². The van der Waals surface area contributed by atoms with Crippen molar-refractivity contribution in [2.75, 3.05) is 42.3 Å². The number of pyridine rings is 1. The van der Waals surface area contributed by atoms with Gasteiger partial charge in [-0.3, -0.25) is 0 Å². The van der Waals surface area contributed by atoms with E-state index in [2.05, 4.69) is 25.2 Å². The molecule has 7 nitrogen and oxygen atoms in total. The van der Waals surface area contributed by atoms with E-state index >= 15 is 0 Å². The summed E-state index contributed by atoms with van der Waals surface area (Å²) in [6.45, 7) is 3.14. The molecule has 1 aliphatic heterocycles. The second kappa shape index (κ2) is 5.70. The zero-order valence-electron chi connectivity index (χ0n) is 11.0. The Bertz CT molecular complexity index is 585. The van der Waals surface area contributed by atoms with Crippen molar-refractivity contribution in [1.82, 2.24) is 15.0 Å². The third kappa shape index (κ3) is 2.77. The van der Waals surface area contributed by atoms with Crippen molar-refractivity contribution in [3.8, 4) is 0 Å². The number of rotatable bonds is 3. The first-order valence-electron chi connectivity index (χ1n) is 6.46. The van der Waals surface area contributed by atoms with E-state index in [4.69, 9.17) is 10.5 Å². The van der Waals surface area contributed by atoms with Crippen LogP contribution in [0.2, 0.25) is 0 Å². The Kier molecular flexibility index (Phi) is 3.60. The van der Waals surface area contributed by atoms with Gasteiger partial charge in [-0.25, -0.2) is 9.97 Å². The summed E-state index contributed by atoms with van der Waals surface area (Å²) >= 11 is 0. The summed E-state index contributed by atoms with van der Waals surface area (Å²) in [4.78, 5) is 14.9. The number of anilines is 4. The molecule has 0 spiro atoms. The Labute approximate surface area is 116 Å². The predicted molar refractivity (Wildman–Crippen MR) is 77.0 cm³/mol. The molecule has 2 aromatic rings. The number of ether oxygens (including phenoxy) is 1. The van der Waals surface area contributed by atoms with Crippen molar-refractivity contribution in [1.29, 1.82) is 0 Å². The van der Waals surface area contributed by atoms with Crippen LogP contribution in [0.25, 0.3) is 0 Å². The van der Waals surface area contributed by atoms with Gasteiger partial charge in [0.15, 0.2) is 5.82 Å². The van der Waals surface area contributed by atoms with Gasteiger partial charge in [0, 0.05) is 25.5 Å². The number of morpholine rings is 1. The van der Waals surface area contributed by atoms with Crippen LogP contribution in [0.5, 0.6) is 0 Å². The van der Waals surface area contributed by atoms with E-state index in [1.54, 1.807) is 18.5 Å². The predicted octanol–water partition coefficient (Wildman–Crippen LogP) is 1.03. The van der Waals surface area contributed by atoms with Crippen LogP contribution in [-0.2, 0) is 4.74 Å². The molecule has 3 N–H and O–H groups in total. The minimum atomic E-state index is 0.423. The van der Waals surface area contributed by atoms with E-state index in [-0.39, 0.29) is 0 Å². The third-order valence-electron chi connectivity index (χ3n) is 3.05. The number of hydrogen-bond donors (Lipinski definition) is 2. The fourth-order valence-corrected chi connectivity index (χ4v) is 2.09. The van der Waals surface area contributed by atoms with Gasteiger partial charge in [0.1, 0.15) is 5.82 Å². The molecule has 3 rings (SSSR count). The molecule has 2 aromatic heterocycles. The van der Waals surface area contributed by atoms with Gasteiger partial charge in [0.25, 0.3) is 0 Å². The molecule has 7 heteroatoms. The lowest BCUT2D eigenvalue weighted by Gasteiger charge is -2.29. The summed E-state index contributed by atoms with van der Waals surface area (Å²) in [5.74, 6) is 1.59. The zero-order valence-corrected chi connectivity index (χ0v) is 11.0. The number of hydrogen-bond acceptors (Lipinski definition) is 7. The van der Waals surface area contributed by atoms with Crippen LogP contribution in [0.3, 0.4) is 0 Å². The fourth-order valence-electron chi connectivity index (χ4n) is 2.09. The summed E-state index contributed by atoms with van der Waals surface area (Å²) < 4.78 is 5.37. The van der Waals surface area contributed by atoms with Crippen molar-refractivity contribution < 1.29 is 4.74 Å². The van der Waals surface area contributed by atoms with Crippen LogP contribution in [-0.4, -0.2) is 41.3 Å². The molecule has 0 aliphatic carbocycles. The minimum Gasteiger partial charge on any atom is -0.384 e. The molecular formula is C13H16N6O. The average molecular weight is 272 g/mol. The highest BCUT2D eigenvalue weighted by molar-refractivity contribution is 5.69. The summed E-state index contributed by atoms with van der Waals surface area (Å²) in [5, 5.41) is 3.11. The lowest BCUT2D eigenvalue weighted by atomic mass is 10.3. The van der Waals surface area contributed by atoms with Crippen LogP contribution < -0.4 is 16.0 Å². The average Bonchev–Trinajstić information content (AvgIpc) is 2.49. The number of aromatic nitrogens is 3. The van der Waals surface area contributed by atoms with Crippen molar-refractivity contribution in [3.05, 3.63) is 30.6 Å². The van der Waals surface area contributed by atoms with Gasteiger partial charge < -0.3 is 20.7 Å². The van der Waals surface area contributed by atoms with E-state index in [1.807, 2.05) is 12.1 Å². The number of nitrogen functional groups attached to an aromatic ring is 1. The van der Waals surface area contributed by atoms with E-state index in [1.165, 1.54) is 0 Å². The van der Waals surface area contributed by atoms with E-state index < -0.39 is 0 Å². The van der Waals surface area contributed by atoms with E-state index in [9.17, 15) is 0 Å². The van der Waals surface area contributed by atoms with Gasteiger partial charge in [-0.1, -0.05) is 0 Å². The van der Waals surface area contributed by atoms with Crippen LogP contribution in [0.15, 0.2) is 30.6 Å². The molecule has 0 unspecified atom stereocenters. The summed E-state index contributed by atoms with van der Waals surface area (Å²) in [6.07, 6.45) is 3.35. The molecule has 0 bridgehead atoms. The van der Waals surface area contributed by atoms with Gasteiger partial charge in [0.2, 0.25) is 5.95 Å². The Morgan fingerprint density at radius 2 is 2.00 bits per heavy atom. The van der Waals surface area contributed by atoms with Gasteiger partial charge >= 0.3 is 0 Å². The maximum Gasteiger partial charge on any atom is 0.230 e. The normalized spacial score (nSPS) is 15.1. The second-order valence-corrected chi connectivity index (χ2v) is 4.40. The summed E-state index contributed by atoms with van der Waals surface area (Å²) in [7, 11) is 0. The molecule has 0 amide bonds. The molecule has 104 valence electrons. The summed E-state index contributed by atoms with van der Waals surface area (Å²) in [5.41, 5.74) is 6.67. The Morgan fingerprint density at radius 3 is 2.80 bits per heavy atom. The van der Waals surface area contributed by atoms with E-state index in [0.29, 0.717) is 11.8 Å². The first kappa shape index (κ1) is 12.6. The molecule has 20 heavy (non-hydrogen) atoms. The molecule has 0 aromatic carbocycles. The van der Waals surface area contributed by atoms with Crippen molar-refractivity contribution in [2.24, 2.45) is 0 Å². The van der Waals surface area contributed by atoms with Gasteiger partial charge in [-0.05, 0) is 18.2 Å². The SMILES string of the molecule is Nc1ccnc(Nc2ncccc2N2CCOCC2)n1. The van der Waals surface area contributed by atoms with Gasteiger partial charge in [-0.2, -0.15) is 4.98 Å². The van der Waals surface area contributed by atoms with Crippen molar-refractivity contribution in [2.45, 2.75) is 0 Å². The maximum absolute atomic E-state index is 5.65. The highest BCUT2D eigenvalue weighted by Crippen LogP contribution is 2.25. The molecule has 1 aliphatic rings. The lowest BCUT2D eigenvalue weighted by molar-refractivity contribution is 0.122. The fraction of sp³-hybridized carbons (Fsp3) is 0.308. The van der Waals surface area contributed by atoms with Crippen LogP contribution in [0.1, 0.15) is 0 Å². The third-order valence-corrected chi connectivity index (χ3v) is 3.05. The number of nitrogens with two attached hydrogens (primary N) is 1. The van der Waals surface area contributed by atoms with E-state index in [0.717, 1.165) is 37.8 Å². The van der Waals surface area contributed by atoms with Crippen molar-refractivity contribution >= 4 is 23.3 Å². The molecular weight excluding hydrogens is 256 g/mol. The molecule has 0 radical (unpaired) electrons. The maximum atomic E-state index is 5.65. The number of nitrogens with zero attached hydrogens (tertiary/aromatic N) is 4. The first-order valence-corrected chi connectivity index (χ1v) is 6.46. The lowest BCUT2D eigenvalue weighted by Crippen LogP contribution is -2.36. The quantitative estimate of drug-likeness (QED) is 0.862. The second-order valence-electron chi connectivity index (χ2n) is 4.40. The Balaban J connectivity index is 1.85. The molecule has 1 fully saturated rings. The largest absolute Gasteiger partial charge is 0.384 e. The molecule has 3 heterocycles.